The van der Waals surface area contributed by atoms with Gasteiger partial charge >= 0.3 is 5.97 Å². The third-order valence-corrected chi connectivity index (χ3v) is 3.50. The number of fused-ring (bicyclic) bond motifs is 1. The van der Waals surface area contributed by atoms with Crippen molar-refractivity contribution in [3.8, 4) is 16.9 Å². The Bertz CT molecular complexity index is 775. The van der Waals surface area contributed by atoms with Crippen molar-refractivity contribution in [3.63, 3.8) is 0 Å². The van der Waals surface area contributed by atoms with Gasteiger partial charge in [-0.2, -0.15) is 0 Å². The third-order valence-electron chi connectivity index (χ3n) is 2.94. The molecule has 0 aliphatic heterocycles. The van der Waals surface area contributed by atoms with Crippen LogP contribution in [0.25, 0.3) is 22.1 Å². The maximum absolute atomic E-state index is 11.1. The molecule has 4 heteroatoms. The number of halogens is 1. The van der Waals surface area contributed by atoms with Gasteiger partial charge in [-0.15, -0.1) is 0 Å². The van der Waals surface area contributed by atoms with Crippen molar-refractivity contribution in [1.82, 2.24) is 0 Å². The van der Waals surface area contributed by atoms with Crippen molar-refractivity contribution in [2.75, 3.05) is 0 Å². The topological polar surface area (TPSA) is 39.4 Å². The molecule has 0 aliphatic carbocycles. The van der Waals surface area contributed by atoms with Gasteiger partial charge in [0.25, 0.3) is 0 Å². The molecule has 100 valence electrons. The maximum atomic E-state index is 11.1. The van der Waals surface area contributed by atoms with E-state index in [1.54, 1.807) is 12.1 Å². The molecule has 0 spiro atoms. The molecule has 0 radical (unpaired) electrons. The van der Waals surface area contributed by atoms with Crippen molar-refractivity contribution in [2.24, 2.45) is 0 Å². The van der Waals surface area contributed by atoms with Gasteiger partial charge in [0.05, 0.1) is 0 Å². The van der Waals surface area contributed by atoms with Crippen LogP contribution < -0.4 is 4.74 Å². The van der Waals surface area contributed by atoms with Crippen LogP contribution >= 0.6 is 15.9 Å². The minimum absolute atomic E-state index is 0.340. The zero-order chi connectivity index (χ0) is 14.1. The van der Waals surface area contributed by atoms with Gasteiger partial charge in [0.2, 0.25) is 0 Å². The van der Waals surface area contributed by atoms with Crippen LogP contribution in [0.3, 0.4) is 0 Å². The van der Waals surface area contributed by atoms with E-state index in [1.165, 1.54) is 6.92 Å². The fraction of sp³-hybridized carbons (Fsp3) is 0.0625. The highest BCUT2D eigenvalue weighted by atomic mass is 79.9. The summed E-state index contributed by atoms with van der Waals surface area (Å²) in [5.74, 6) is 0.170. The maximum Gasteiger partial charge on any atom is 0.308 e. The Morgan fingerprint density at radius 3 is 2.60 bits per heavy atom. The second-order valence-corrected chi connectivity index (χ2v) is 5.09. The summed E-state index contributed by atoms with van der Waals surface area (Å²) >= 11 is 3.45. The number of carbonyl (C=O) groups excluding carboxylic acids is 1. The molecule has 0 fully saturated rings. The summed E-state index contributed by atoms with van der Waals surface area (Å²) in [4.78, 5) is 11.1. The smallest absolute Gasteiger partial charge is 0.308 e. The third kappa shape index (κ3) is 2.34. The van der Waals surface area contributed by atoms with E-state index in [2.05, 4.69) is 15.9 Å². The second-order valence-electron chi connectivity index (χ2n) is 4.37. The summed E-state index contributed by atoms with van der Waals surface area (Å²) in [6, 6.07) is 15.2. The molecular weight excluding hydrogens is 320 g/mol. The van der Waals surface area contributed by atoms with E-state index < -0.39 is 0 Å². The number of benzene rings is 2. The lowest BCUT2D eigenvalue weighted by Gasteiger charge is -2.02. The van der Waals surface area contributed by atoms with Gasteiger partial charge in [-0.05, 0) is 39.7 Å². The number of carbonyl (C=O) groups is 1. The summed E-state index contributed by atoms with van der Waals surface area (Å²) in [5, 5.41) is 0.904. The van der Waals surface area contributed by atoms with Gasteiger partial charge in [0, 0.05) is 17.9 Å². The van der Waals surface area contributed by atoms with Gasteiger partial charge in [-0.1, -0.05) is 30.3 Å². The highest BCUT2D eigenvalue weighted by Crippen LogP contribution is 2.39. The fourth-order valence-corrected chi connectivity index (χ4v) is 2.77. The highest BCUT2D eigenvalue weighted by molar-refractivity contribution is 9.10. The Kier molecular flexibility index (Phi) is 3.32. The highest BCUT2D eigenvalue weighted by Gasteiger charge is 2.15. The minimum atomic E-state index is -0.340. The molecule has 3 nitrogen and oxygen atoms in total. The molecule has 0 bridgehead atoms. The molecule has 0 aliphatic rings. The molecule has 0 unspecified atom stereocenters. The largest absolute Gasteiger partial charge is 0.449 e. The molecule has 0 saturated heterocycles. The Morgan fingerprint density at radius 1 is 1.15 bits per heavy atom. The van der Waals surface area contributed by atoms with Crippen LogP contribution in [0.4, 0.5) is 0 Å². The quantitative estimate of drug-likeness (QED) is 0.501. The molecule has 20 heavy (non-hydrogen) atoms. The van der Waals surface area contributed by atoms with E-state index in [0.29, 0.717) is 10.4 Å². The standard InChI is InChI=1S/C16H11BrO3/c1-10(18)19-12-7-8-14-13(9-12)15(16(17)20-14)11-5-3-2-4-6-11/h2-9H,1H3. The number of rotatable bonds is 2. The molecule has 0 amide bonds. The van der Waals surface area contributed by atoms with Crippen molar-refractivity contribution in [1.29, 1.82) is 0 Å². The fourth-order valence-electron chi connectivity index (χ4n) is 2.15. The Balaban J connectivity index is 2.20. The van der Waals surface area contributed by atoms with Crippen molar-refractivity contribution >= 4 is 32.9 Å². The SMILES string of the molecule is CC(=O)Oc1ccc2oc(Br)c(-c3ccccc3)c2c1. The van der Waals surface area contributed by atoms with E-state index in [9.17, 15) is 4.79 Å². The van der Waals surface area contributed by atoms with Crippen molar-refractivity contribution in [3.05, 3.63) is 53.2 Å². The summed E-state index contributed by atoms with van der Waals surface area (Å²) in [6.07, 6.45) is 0. The van der Waals surface area contributed by atoms with Crippen LogP contribution in [-0.4, -0.2) is 5.97 Å². The van der Waals surface area contributed by atoms with E-state index >= 15 is 0 Å². The lowest BCUT2D eigenvalue weighted by molar-refractivity contribution is -0.131. The second kappa shape index (κ2) is 5.13. The molecule has 0 atom stereocenters. The van der Waals surface area contributed by atoms with Crippen LogP contribution in [0.5, 0.6) is 5.75 Å². The van der Waals surface area contributed by atoms with E-state index in [4.69, 9.17) is 9.15 Å². The normalized spacial score (nSPS) is 10.7. The first-order chi connectivity index (χ1) is 9.65. The van der Waals surface area contributed by atoms with Crippen molar-refractivity contribution in [2.45, 2.75) is 6.92 Å². The zero-order valence-electron chi connectivity index (χ0n) is 10.7. The van der Waals surface area contributed by atoms with Crippen molar-refractivity contribution < 1.29 is 13.9 Å². The molecule has 0 N–H and O–H groups in total. The first-order valence-electron chi connectivity index (χ1n) is 6.11. The van der Waals surface area contributed by atoms with Gasteiger partial charge < -0.3 is 9.15 Å². The van der Waals surface area contributed by atoms with E-state index in [-0.39, 0.29) is 5.97 Å². The molecule has 3 aromatic rings. The molecule has 1 heterocycles. The minimum Gasteiger partial charge on any atom is -0.449 e. The number of hydrogen-bond acceptors (Lipinski definition) is 3. The summed E-state index contributed by atoms with van der Waals surface area (Å²) in [5.41, 5.74) is 2.74. The van der Waals surface area contributed by atoms with E-state index in [1.807, 2.05) is 36.4 Å². The first kappa shape index (κ1) is 12.9. The van der Waals surface area contributed by atoms with Crippen LogP contribution in [0.2, 0.25) is 0 Å². The number of hydrogen-bond donors (Lipinski definition) is 0. The number of esters is 1. The van der Waals surface area contributed by atoms with Gasteiger partial charge in [0.15, 0.2) is 4.67 Å². The monoisotopic (exact) mass is 330 g/mol. The lowest BCUT2D eigenvalue weighted by atomic mass is 10.0. The average molecular weight is 331 g/mol. The molecule has 3 rings (SSSR count). The van der Waals surface area contributed by atoms with E-state index in [0.717, 1.165) is 22.1 Å². The lowest BCUT2D eigenvalue weighted by Crippen LogP contribution is -2.00. The van der Waals surface area contributed by atoms with Crippen LogP contribution in [0, 0.1) is 0 Å². The van der Waals surface area contributed by atoms with Crippen LogP contribution in [0.1, 0.15) is 6.92 Å². The Labute approximate surface area is 124 Å². The molecule has 1 aromatic heterocycles. The van der Waals surface area contributed by atoms with Gasteiger partial charge in [-0.3, -0.25) is 4.79 Å². The van der Waals surface area contributed by atoms with Gasteiger partial charge in [-0.25, -0.2) is 0 Å². The predicted molar refractivity (Wildman–Crippen MR) is 80.7 cm³/mol. The van der Waals surface area contributed by atoms with Crippen LogP contribution in [-0.2, 0) is 4.79 Å². The molecule has 2 aromatic carbocycles. The summed E-state index contributed by atoms with van der Waals surface area (Å²) in [7, 11) is 0. The van der Waals surface area contributed by atoms with Crippen LogP contribution in [0.15, 0.2) is 57.6 Å². The van der Waals surface area contributed by atoms with Gasteiger partial charge in [0.1, 0.15) is 11.3 Å². The predicted octanol–water partition coefficient (Wildman–Crippen LogP) is 4.79. The Hall–Kier alpha value is -2.07. The zero-order valence-corrected chi connectivity index (χ0v) is 12.3. The molecule has 0 saturated carbocycles. The first-order valence-corrected chi connectivity index (χ1v) is 6.90. The molecular formula is C16H11BrO3. The average Bonchev–Trinajstić information content (AvgIpc) is 2.74. The summed E-state index contributed by atoms with van der Waals surface area (Å²) < 4.78 is 11.5. The Morgan fingerprint density at radius 2 is 1.90 bits per heavy atom. The number of furan rings is 1. The number of ether oxygens (including phenoxy) is 1. The summed E-state index contributed by atoms with van der Waals surface area (Å²) in [6.45, 7) is 1.38.